The topological polar surface area (TPSA) is 29.9 Å². The number of hydrogen-bond donors (Lipinski definition) is 1. The van der Waals surface area contributed by atoms with E-state index >= 15 is 0 Å². The fourth-order valence-corrected chi connectivity index (χ4v) is 2.30. The number of aryl methyl sites for hydroxylation is 2. The van der Waals surface area contributed by atoms with Crippen LogP contribution in [0.15, 0.2) is 30.6 Å². The van der Waals surface area contributed by atoms with Gasteiger partial charge in [0.25, 0.3) is 0 Å². The van der Waals surface area contributed by atoms with Crippen LogP contribution in [0.3, 0.4) is 0 Å². The number of imidazole rings is 1. The van der Waals surface area contributed by atoms with Crippen LogP contribution in [0.5, 0.6) is 0 Å². The minimum absolute atomic E-state index is 0.911. The standard InChI is InChI=1S/C16H23N3/c1-4-17-12-14-6-7-15(13(3)10-14)11-16-18-8-9-19(16)5-2/h6-10,17H,4-5,11-12H2,1-3H3. The second kappa shape index (κ2) is 6.53. The molecule has 0 fully saturated rings. The smallest absolute Gasteiger partial charge is 0.113 e. The van der Waals surface area contributed by atoms with E-state index in [2.05, 4.69) is 53.8 Å². The maximum atomic E-state index is 4.45. The minimum atomic E-state index is 0.911. The van der Waals surface area contributed by atoms with Crippen molar-refractivity contribution in [1.29, 1.82) is 0 Å². The number of nitrogens with zero attached hydrogens (tertiary/aromatic N) is 2. The summed E-state index contributed by atoms with van der Waals surface area (Å²) in [5.74, 6) is 1.14. The van der Waals surface area contributed by atoms with Crippen molar-refractivity contribution in [1.82, 2.24) is 14.9 Å². The summed E-state index contributed by atoms with van der Waals surface area (Å²) in [6.45, 7) is 9.40. The molecule has 1 aromatic carbocycles. The highest BCUT2D eigenvalue weighted by Gasteiger charge is 2.06. The second-order valence-corrected chi connectivity index (χ2v) is 4.85. The van der Waals surface area contributed by atoms with Crippen molar-refractivity contribution in [3.05, 3.63) is 53.1 Å². The summed E-state index contributed by atoms with van der Waals surface area (Å²) in [6, 6.07) is 6.72. The van der Waals surface area contributed by atoms with Gasteiger partial charge in [0.15, 0.2) is 0 Å². The highest BCUT2D eigenvalue weighted by molar-refractivity contribution is 5.33. The highest BCUT2D eigenvalue weighted by Crippen LogP contribution is 2.15. The molecule has 1 N–H and O–H groups in total. The third-order valence-corrected chi connectivity index (χ3v) is 3.48. The van der Waals surface area contributed by atoms with Crippen molar-refractivity contribution < 1.29 is 0 Å². The number of hydrogen-bond acceptors (Lipinski definition) is 2. The van der Waals surface area contributed by atoms with Crippen LogP contribution >= 0.6 is 0 Å². The molecule has 3 nitrogen and oxygen atoms in total. The Labute approximate surface area is 115 Å². The van der Waals surface area contributed by atoms with Gasteiger partial charge in [-0.1, -0.05) is 25.1 Å². The zero-order chi connectivity index (χ0) is 13.7. The van der Waals surface area contributed by atoms with Gasteiger partial charge in [-0.15, -0.1) is 0 Å². The van der Waals surface area contributed by atoms with E-state index in [1.807, 2.05) is 12.4 Å². The summed E-state index contributed by atoms with van der Waals surface area (Å²) in [6.07, 6.45) is 4.84. The van der Waals surface area contributed by atoms with Crippen molar-refractivity contribution in [3.63, 3.8) is 0 Å². The minimum Gasteiger partial charge on any atom is -0.335 e. The predicted molar refractivity (Wildman–Crippen MR) is 79.3 cm³/mol. The quantitative estimate of drug-likeness (QED) is 0.862. The van der Waals surface area contributed by atoms with E-state index in [1.54, 1.807) is 0 Å². The van der Waals surface area contributed by atoms with Crippen molar-refractivity contribution >= 4 is 0 Å². The molecule has 1 aromatic heterocycles. The molecule has 0 saturated carbocycles. The summed E-state index contributed by atoms with van der Waals surface area (Å²) in [7, 11) is 0. The maximum Gasteiger partial charge on any atom is 0.113 e. The lowest BCUT2D eigenvalue weighted by atomic mass is 10.0. The lowest BCUT2D eigenvalue weighted by Gasteiger charge is -2.10. The lowest BCUT2D eigenvalue weighted by Crippen LogP contribution is -2.12. The first-order chi connectivity index (χ1) is 9.24. The molecule has 0 aliphatic rings. The molecule has 0 unspecified atom stereocenters. The van der Waals surface area contributed by atoms with E-state index in [0.29, 0.717) is 0 Å². The van der Waals surface area contributed by atoms with E-state index < -0.39 is 0 Å². The molecule has 0 atom stereocenters. The predicted octanol–water partition coefficient (Wildman–Crippen LogP) is 2.91. The second-order valence-electron chi connectivity index (χ2n) is 4.85. The number of rotatable bonds is 6. The van der Waals surface area contributed by atoms with E-state index in [1.165, 1.54) is 16.7 Å². The van der Waals surface area contributed by atoms with Crippen LogP contribution in [-0.4, -0.2) is 16.1 Å². The van der Waals surface area contributed by atoms with Gasteiger partial charge in [0, 0.05) is 31.9 Å². The molecule has 19 heavy (non-hydrogen) atoms. The van der Waals surface area contributed by atoms with Crippen LogP contribution in [-0.2, 0) is 19.5 Å². The molecule has 0 spiro atoms. The van der Waals surface area contributed by atoms with E-state index in [0.717, 1.165) is 31.9 Å². The molecule has 0 aliphatic carbocycles. The Morgan fingerprint density at radius 2 is 2.11 bits per heavy atom. The molecule has 0 radical (unpaired) electrons. The van der Waals surface area contributed by atoms with E-state index in [4.69, 9.17) is 0 Å². The van der Waals surface area contributed by atoms with Gasteiger partial charge in [-0.25, -0.2) is 4.98 Å². The first-order valence-corrected chi connectivity index (χ1v) is 7.03. The number of aromatic nitrogens is 2. The summed E-state index contributed by atoms with van der Waals surface area (Å²) >= 11 is 0. The number of nitrogens with one attached hydrogen (secondary N) is 1. The Morgan fingerprint density at radius 1 is 1.26 bits per heavy atom. The van der Waals surface area contributed by atoms with Crippen LogP contribution in [0.25, 0.3) is 0 Å². The maximum absolute atomic E-state index is 4.45. The molecule has 2 aromatic rings. The first kappa shape index (κ1) is 13.8. The van der Waals surface area contributed by atoms with Gasteiger partial charge in [0.1, 0.15) is 5.82 Å². The summed E-state index contributed by atoms with van der Waals surface area (Å²) in [4.78, 5) is 4.45. The Kier molecular flexibility index (Phi) is 4.74. The highest BCUT2D eigenvalue weighted by atomic mass is 15.0. The number of benzene rings is 1. The van der Waals surface area contributed by atoms with Crippen LogP contribution in [0, 0.1) is 6.92 Å². The zero-order valence-corrected chi connectivity index (χ0v) is 12.1. The first-order valence-electron chi connectivity index (χ1n) is 7.03. The molecular formula is C16H23N3. The lowest BCUT2D eigenvalue weighted by molar-refractivity contribution is 0.710. The van der Waals surface area contributed by atoms with Gasteiger partial charge in [-0.2, -0.15) is 0 Å². The summed E-state index contributed by atoms with van der Waals surface area (Å²) in [5, 5.41) is 3.36. The van der Waals surface area contributed by atoms with Gasteiger partial charge in [-0.3, -0.25) is 0 Å². The van der Waals surface area contributed by atoms with Crippen LogP contribution in [0.2, 0.25) is 0 Å². The van der Waals surface area contributed by atoms with Gasteiger partial charge < -0.3 is 9.88 Å². The van der Waals surface area contributed by atoms with Crippen LogP contribution in [0.4, 0.5) is 0 Å². The Balaban J connectivity index is 2.13. The van der Waals surface area contributed by atoms with Crippen molar-refractivity contribution in [3.8, 4) is 0 Å². The third-order valence-electron chi connectivity index (χ3n) is 3.48. The fourth-order valence-electron chi connectivity index (χ4n) is 2.30. The third kappa shape index (κ3) is 3.44. The van der Waals surface area contributed by atoms with E-state index in [9.17, 15) is 0 Å². The van der Waals surface area contributed by atoms with Gasteiger partial charge >= 0.3 is 0 Å². The fraction of sp³-hybridized carbons (Fsp3) is 0.438. The Morgan fingerprint density at radius 3 is 2.79 bits per heavy atom. The molecule has 1 heterocycles. The molecule has 0 aliphatic heterocycles. The normalized spacial score (nSPS) is 10.9. The average molecular weight is 257 g/mol. The largest absolute Gasteiger partial charge is 0.335 e. The van der Waals surface area contributed by atoms with Crippen molar-refractivity contribution in [2.24, 2.45) is 0 Å². The molecule has 0 amide bonds. The molecule has 0 bridgehead atoms. The molecular weight excluding hydrogens is 234 g/mol. The van der Waals surface area contributed by atoms with Gasteiger partial charge in [0.2, 0.25) is 0 Å². The summed E-state index contributed by atoms with van der Waals surface area (Å²) < 4.78 is 2.20. The molecule has 2 rings (SSSR count). The Hall–Kier alpha value is -1.61. The van der Waals surface area contributed by atoms with Crippen molar-refractivity contribution in [2.45, 2.75) is 40.3 Å². The van der Waals surface area contributed by atoms with Gasteiger partial charge in [0.05, 0.1) is 0 Å². The van der Waals surface area contributed by atoms with Crippen molar-refractivity contribution in [2.75, 3.05) is 6.54 Å². The molecule has 3 heteroatoms. The molecule has 102 valence electrons. The average Bonchev–Trinajstić information content (AvgIpc) is 2.86. The summed E-state index contributed by atoms with van der Waals surface area (Å²) in [5.41, 5.74) is 4.06. The van der Waals surface area contributed by atoms with E-state index in [-0.39, 0.29) is 0 Å². The van der Waals surface area contributed by atoms with Crippen LogP contribution in [0.1, 0.15) is 36.4 Å². The molecule has 0 saturated heterocycles. The van der Waals surface area contributed by atoms with Crippen LogP contribution < -0.4 is 5.32 Å². The SMILES string of the molecule is CCNCc1ccc(Cc2nccn2CC)c(C)c1. The zero-order valence-electron chi connectivity index (χ0n) is 12.1. The monoisotopic (exact) mass is 257 g/mol. The van der Waals surface area contributed by atoms with Gasteiger partial charge in [-0.05, 0) is 37.1 Å². The Bertz CT molecular complexity index is 529.